The van der Waals surface area contributed by atoms with E-state index >= 15 is 0 Å². The quantitative estimate of drug-likeness (QED) is 0.143. The number of aromatic nitrogens is 4. The summed E-state index contributed by atoms with van der Waals surface area (Å²) in [4.78, 5) is 73.9. The number of imidazole rings is 2. The molecule has 0 radical (unpaired) electrons. The van der Waals surface area contributed by atoms with Gasteiger partial charge < -0.3 is 42.5 Å². The van der Waals surface area contributed by atoms with E-state index in [-0.39, 0.29) is 12.8 Å². The van der Waals surface area contributed by atoms with Crippen LogP contribution in [0.25, 0.3) is 0 Å². The van der Waals surface area contributed by atoms with Crippen LogP contribution >= 0.6 is 0 Å². The molecular weight excluding hydrogens is 450 g/mol. The highest BCUT2D eigenvalue weighted by Crippen LogP contribution is 2.04. The first-order chi connectivity index (χ1) is 16.1. The maximum absolute atomic E-state index is 13.0. The van der Waals surface area contributed by atoms with Crippen LogP contribution in [0.1, 0.15) is 24.7 Å². The SMILES string of the molecule is CC(NC(=O)C(CC(N)=O)NC(=O)C(Cc1cnc[nH]1)NC(=O)C(N)Cc1cnc[nH]1)C(=O)O. The number of primary amides is 1. The van der Waals surface area contributed by atoms with Crippen molar-refractivity contribution in [2.24, 2.45) is 11.5 Å². The molecule has 34 heavy (non-hydrogen) atoms. The first-order valence-corrected chi connectivity index (χ1v) is 10.2. The fourth-order valence-electron chi connectivity index (χ4n) is 2.89. The van der Waals surface area contributed by atoms with Gasteiger partial charge >= 0.3 is 5.97 Å². The van der Waals surface area contributed by atoms with Crippen molar-refractivity contribution in [1.29, 1.82) is 0 Å². The van der Waals surface area contributed by atoms with Crippen molar-refractivity contribution >= 4 is 29.6 Å². The van der Waals surface area contributed by atoms with E-state index in [0.29, 0.717) is 11.4 Å². The Hall–Kier alpha value is -4.27. The van der Waals surface area contributed by atoms with Gasteiger partial charge in [0.15, 0.2) is 0 Å². The number of hydrogen-bond donors (Lipinski definition) is 8. The Balaban J connectivity index is 2.14. The molecule has 0 aromatic carbocycles. The number of hydrogen-bond acceptors (Lipinski definition) is 8. The molecule has 2 aromatic heterocycles. The summed E-state index contributed by atoms with van der Waals surface area (Å²) in [5, 5.41) is 16.0. The lowest BCUT2D eigenvalue weighted by atomic mass is 10.1. The van der Waals surface area contributed by atoms with Crippen molar-refractivity contribution in [2.45, 2.75) is 50.4 Å². The highest BCUT2D eigenvalue weighted by molar-refractivity contribution is 5.96. The van der Waals surface area contributed by atoms with E-state index in [2.05, 4.69) is 35.9 Å². The van der Waals surface area contributed by atoms with Crippen LogP contribution in [-0.4, -0.2) is 78.8 Å². The van der Waals surface area contributed by atoms with Crippen molar-refractivity contribution in [3.63, 3.8) is 0 Å². The Morgan fingerprint density at radius 1 is 0.912 bits per heavy atom. The van der Waals surface area contributed by atoms with Crippen LogP contribution in [-0.2, 0) is 36.8 Å². The minimum atomic E-state index is -1.47. The number of carbonyl (C=O) groups is 5. The van der Waals surface area contributed by atoms with Crippen molar-refractivity contribution in [3.05, 3.63) is 36.4 Å². The molecule has 15 nitrogen and oxygen atoms in total. The maximum atomic E-state index is 13.0. The van der Waals surface area contributed by atoms with E-state index in [9.17, 15) is 24.0 Å². The minimum Gasteiger partial charge on any atom is -0.480 e. The van der Waals surface area contributed by atoms with E-state index in [1.165, 1.54) is 32.0 Å². The Morgan fingerprint density at radius 2 is 1.44 bits per heavy atom. The summed E-state index contributed by atoms with van der Waals surface area (Å²) < 4.78 is 0. The minimum absolute atomic E-state index is 0.0369. The van der Waals surface area contributed by atoms with Crippen LogP contribution in [0.5, 0.6) is 0 Å². The fraction of sp³-hybridized carbons (Fsp3) is 0.421. The van der Waals surface area contributed by atoms with Gasteiger partial charge in [-0.05, 0) is 6.92 Å². The van der Waals surface area contributed by atoms with Gasteiger partial charge in [-0.1, -0.05) is 0 Å². The molecule has 2 rings (SSSR count). The van der Waals surface area contributed by atoms with Gasteiger partial charge in [0.25, 0.3) is 0 Å². The van der Waals surface area contributed by atoms with Crippen LogP contribution in [0.4, 0.5) is 0 Å². The van der Waals surface area contributed by atoms with Crippen molar-refractivity contribution in [1.82, 2.24) is 35.9 Å². The molecule has 4 unspecified atom stereocenters. The average molecular weight is 477 g/mol. The molecule has 0 fully saturated rings. The Bertz CT molecular complexity index is 992. The third kappa shape index (κ3) is 8.01. The molecule has 2 heterocycles. The third-order valence-corrected chi connectivity index (χ3v) is 4.71. The van der Waals surface area contributed by atoms with Crippen molar-refractivity contribution in [3.8, 4) is 0 Å². The molecule has 0 aliphatic heterocycles. The van der Waals surface area contributed by atoms with Gasteiger partial charge in [-0.2, -0.15) is 0 Å². The molecule has 0 spiro atoms. The number of carboxylic acids is 1. The van der Waals surface area contributed by atoms with Crippen molar-refractivity contribution in [2.75, 3.05) is 0 Å². The molecule has 4 atom stereocenters. The predicted molar refractivity (Wildman–Crippen MR) is 115 cm³/mol. The summed E-state index contributed by atoms with van der Waals surface area (Å²) in [7, 11) is 0. The van der Waals surface area contributed by atoms with E-state index in [1.54, 1.807) is 0 Å². The number of aliphatic carboxylic acids is 1. The zero-order chi connectivity index (χ0) is 25.3. The molecule has 15 heteroatoms. The van der Waals surface area contributed by atoms with E-state index in [1.807, 2.05) is 0 Å². The van der Waals surface area contributed by atoms with Gasteiger partial charge in [0.2, 0.25) is 23.6 Å². The second-order valence-electron chi connectivity index (χ2n) is 7.53. The molecule has 0 bridgehead atoms. The summed E-state index contributed by atoms with van der Waals surface area (Å²) in [6, 6.07) is -4.97. The molecule has 0 aliphatic carbocycles. The molecule has 184 valence electrons. The third-order valence-electron chi connectivity index (χ3n) is 4.71. The average Bonchev–Trinajstić information content (AvgIpc) is 3.46. The normalized spacial score (nSPS) is 14.3. The predicted octanol–water partition coefficient (Wildman–Crippen LogP) is -3.32. The van der Waals surface area contributed by atoms with E-state index in [0.717, 1.165) is 0 Å². The van der Waals surface area contributed by atoms with Crippen LogP contribution < -0.4 is 27.4 Å². The number of nitrogens with zero attached hydrogens (tertiary/aromatic N) is 2. The number of rotatable bonds is 13. The maximum Gasteiger partial charge on any atom is 0.325 e. The molecule has 2 aromatic rings. The number of carbonyl (C=O) groups excluding carboxylic acids is 4. The molecule has 10 N–H and O–H groups in total. The van der Waals surface area contributed by atoms with Crippen molar-refractivity contribution < 1.29 is 29.1 Å². The second-order valence-corrected chi connectivity index (χ2v) is 7.53. The largest absolute Gasteiger partial charge is 0.480 e. The number of carboxylic acid groups (broad SMARTS) is 1. The van der Waals surface area contributed by atoms with E-state index < -0.39 is 60.2 Å². The zero-order valence-electron chi connectivity index (χ0n) is 18.3. The first kappa shape index (κ1) is 26.0. The number of nitrogens with one attached hydrogen (secondary N) is 5. The summed E-state index contributed by atoms with van der Waals surface area (Å²) in [6.07, 6.45) is 5.27. The van der Waals surface area contributed by atoms with Crippen LogP contribution in [0.3, 0.4) is 0 Å². The summed E-state index contributed by atoms with van der Waals surface area (Å²) in [5.74, 6) is -4.61. The Kier molecular flexibility index (Phi) is 9.25. The van der Waals surface area contributed by atoms with Gasteiger partial charge in [0, 0.05) is 36.6 Å². The first-order valence-electron chi connectivity index (χ1n) is 10.2. The molecule has 0 saturated carbocycles. The summed E-state index contributed by atoms with van der Waals surface area (Å²) in [5.41, 5.74) is 12.2. The highest BCUT2D eigenvalue weighted by Gasteiger charge is 2.30. The number of amides is 4. The standard InChI is InChI=1S/C19H27N9O6/c1-9(19(33)34)26-17(31)14(4-15(21)29)28-18(32)13(3-11-6-23-8-25-11)27-16(30)12(20)2-10-5-22-7-24-10/h5-9,12-14H,2-4,20H2,1H3,(H2,21,29)(H,22,24)(H,23,25)(H,26,31)(H,27,30)(H,28,32)(H,33,34). The fourth-order valence-corrected chi connectivity index (χ4v) is 2.89. The van der Waals surface area contributed by atoms with Gasteiger partial charge in [-0.25, -0.2) is 9.97 Å². The monoisotopic (exact) mass is 477 g/mol. The van der Waals surface area contributed by atoms with Gasteiger partial charge in [-0.3, -0.25) is 24.0 Å². The Labute approximate surface area is 193 Å². The highest BCUT2D eigenvalue weighted by atomic mass is 16.4. The van der Waals surface area contributed by atoms with Crippen LogP contribution in [0, 0.1) is 0 Å². The summed E-state index contributed by atoms with van der Waals surface area (Å²) in [6.45, 7) is 1.21. The number of aromatic amines is 2. The van der Waals surface area contributed by atoms with Gasteiger partial charge in [0.1, 0.15) is 18.1 Å². The lowest BCUT2D eigenvalue weighted by molar-refractivity contribution is -0.142. The number of H-pyrrole nitrogens is 2. The second kappa shape index (κ2) is 12.1. The van der Waals surface area contributed by atoms with Gasteiger partial charge in [-0.15, -0.1) is 0 Å². The molecule has 4 amide bonds. The smallest absolute Gasteiger partial charge is 0.325 e. The molecule has 0 saturated heterocycles. The Morgan fingerprint density at radius 3 is 1.94 bits per heavy atom. The lowest BCUT2D eigenvalue weighted by Gasteiger charge is -2.24. The van der Waals surface area contributed by atoms with Crippen LogP contribution in [0.2, 0.25) is 0 Å². The molecular formula is C19H27N9O6. The topological polar surface area (TPSA) is 251 Å². The van der Waals surface area contributed by atoms with Crippen LogP contribution in [0.15, 0.2) is 25.0 Å². The molecule has 0 aliphatic rings. The summed E-state index contributed by atoms with van der Waals surface area (Å²) >= 11 is 0. The lowest BCUT2D eigenvalue weighted by Crippen LogP contribution is -2.58. The van der Waals surface area contributed by atoms with E-state index in [4.69, 9.17) is 16.6 Å². The zero-order valence-corrected chi connectivity index (χ0v) is 18.3. The number of nitrogens with two attached hydrogens (primary N) is 2. The van der Waals surface area contributed by atoms with Gasteiger partial charge in [0.05, 0.1) is 25.1 Å².